The Morgan fingerprint density at radius 3 is 2.65 bits per heavy atom. The normalized spacial score (nSPS) is 12.5. The highest BCUT2D eigenvalue weighted by molar-refractivity contribution is 5.54. The van der Waals surface area contributed by atoms with Crippen LogP contribution in [-0.4, -0.2) is 31.4 Å². The lowest BCUT2D eigenvalue weighted by Crippen LogP contribution is -2.36. The van der Waals surface area contributed by atoms with Crippen molar-refractivity contribution in [2.45, 2.75) is 32.9 Å². The van der Waals surface area contributed by atoms with E-state index in [0.29, 0.717) is 12.6 Å². The molecule has 0 fully saturated rings. The minimum absolute atomic E-state index is 0.0795. The van der Waals surface area contributed by atoms with Crippen LogP contribution in [0.4, 0.5) is 5.69 Å². The van der Waals surface area contributed by atoms with Crippen LogP contribution in [0.2, 0.25) is 0 Å². The number of anilines is 1. The van der Waals surface area contributed by atoms with Crippen molar-refractivity contribution in [2.75, 3.05) is 25.2 Å². The van der Waals surface area contributed by atoms with Crippen molar-refractivity contribution in [1.82, 2.24) is 0 Å². The minimum atomic E-state index is 0.0795. The maximum Gasteiger partial charge on any atom is 0.0702 e. The molecule has 3 heteroatoms. The third-order valence-corrected chi connectivity index (χ3v) is 3.13. The number of para-hydroxylation sites is 1. The van der Waals surface area contributed by atoms with Gasteiger partial charge in [-0.2, -0.15) is 0 Å². The molecule has 0 saturated carbocycles. The molecule has 0 amide bonds. The average Bonchev–Trinajstić information content (AvgIpc) is 2.39. The van der Waals surface area contributed by atoms with E-state index in [-0.39, 0.29) is 6.61 Å². The number of ether oxygens (including phenoxy) is 1. The Morgan fingerprint density at radius 1 is 1.35 bits per heavy atom. The number of benzene rings is 1. The van der Waals surface area contributed by atoms with Gasteiger partial charge in [-0.05, 0) is 19.4 Å². The second-order valence-corrected chi connectivity index (χ2v) is 4.23. The quantitative estimate of drug-likeness (QED) is 0.790. The summed E-state index contributed by atoms with van der Waals surface area (Å²) in [5.41, 5.74) is 2.09. The van der Waals surface area contributed by atoms with Crippen LogP contribution in [0.3, 0.4) is 0 Å². The molecule has 1 aromatic rings. The van der Waals surface area contributed by atoms with Gasteiger partial charge in [-0.25, -0.2) is 0 Å². The molecular formula is C14H23NO2. The van der Waals surface area contributed by atoms with E-state index >= 15 is 0 Å². The molecule has 0 aromatic heterocycles. The Kier molecular flexibility index (Phi) is 6.01. The first-order chi connectivity index (χ1) is 8.24. The van der Waals surface area contributed by atoms with Gasteiger partial charge in [-0.15, -0.1) is 0 Å². The van der Waals surface area contributed by atoms with Gasteiger partial charge in [0.05, 0.1) is 13.2 Å². The van der Waals surface area contributed by atoms with Crippen molar-refractivity contribution >= 4 is 5.69 Å². The number of hydrogen-bond acceptors (Lipinski definition) is 3. The Bertz CT molecular complexity index is 328. The van der Waals surface area contributed by atoms with E-state index in [2.05, 4.69) is 24.8 Å². The van der Waals surface area contributed by atoms with Crippen LogP contribution in [0.5, 0.6) is 0 Å². The standard InChI is InChI=1S/C14H23NO2/c1-4-12(2)15(9-10-17-3)14-8-6-5-7-13(14)11-16/h5-8,12,16H,4,9-11H2,1-3H3. The highest BCUT2D eigenvalue weighted by Crippen LogP contribution is 2.23. The highest BCUT2D eigenvalue weighted by atomic mass is 16.5. The number of rotatable bonds is 7. The van der Waals surface area contributed by atoms with E-state index in [1.54, 1.807) is 7.11 Å². The minimum Gasteiger partial charge on any atom is -0.392 e. The van der Waals surface area contributed by atoms with Crippen LogP contribution in [-0.2, 0) is 11.3 Å². The van der Waals surface area contributed by atoms with Gasteiger partial charge in [0.2, 0.25) is 0 Å². The molecule has 0 saturated heterocycles. The SMILES string of the molecule is CCC(C)N(CCOC)c1ccccc1CO. The summed E-state index contributed by atoms with van der Waals surface area (Å²) in [5.74, 6) is 0. The lowest BCUT2D eigenvalue weighted by Gasteiger charge is -2.32. The second kappa shape index (κ2) is 7.30. The smallest absolute Gasteiger partial charge is 0.0702 e. The number of hydrogen-bond donors (Lipinski definition) is 1. The molecule has 96 valence electrons. The third-order valence-electron chi connectivity index (χ3n) is 3.13. The first-order valence-corrected chi connectivity index (χ1v) is 6.18. The monoisotopic (exact) mass is 237 g/mol. The maximum atomic E-state index is 9.39. The first kappa shape index (κ1) is 14.0. The molecule has 1 N–H and O–H groups in total. The third kappa shape index (κ3) is 3.72. The fraction of sp³-hybridized carbons (Fsp3) is 0.571. The molecule has 0 heterocycles. The van der Waals surface area contributed by atoms with E-state index in [4.69, 9.17) is 4.74 Å². The average molecular weight is 237 g/mol. The summed E-state index contributed by atoms with van der Waals surface area (Å²) in [6, 6.07) is 8.44. The molecule has 0 aliphatic rings. The van der Waals surface area contributed by atoms with Gasteiger partial charge in [0, 0.05) is 30.9 Å². The number of aliphatic hydroxyl groups is 1. The summed E-state index contributed by atoms with van der Waals surface area (Å²) in [6.07, 6.45) is 1.07. The van der Waals surface area contributed by atoms with Crippen LogP contribution in [0.1, 0.15) is 25.8 Å². The number of methoxy groups -OCH3 is 1. The summed E-state index contributed by atoms with van der Waals surface area (Å²) in [4.78, 5) is 2.30. The zero-order valence-corrected chi connectivity index (χ0v) is 11.0. The van der Waals surface area contributed by atoms with Crippen molar-refractivity contribution in [3.8, 4) is 0 Å². The lowest BCUT2D eigenvalue weighted by molar-refractivity contribution is 0.203. The van der Waals surface area contributed by atoms with Crippen LogP contribution >= 0.6 is 0 Å². The van der Waals surface area contributed by atoms with Crippen molar-refractivity contribution in [1.29, 1.82) is 0 Å². The fourth-order valence-electron chi connectivity index (χ4n) is 1.91. The van der Waals surface area contributed by atoms with Crippen molar-refractivity contribution < 1.29 is 9.84 Å². The van der Waals surface area contributed by atoms with Crippen LogP contribution in [0.25, 0.3) is 0 Å². The topological polar surface area (TPSA) is 32.7 Å². The zero-order valence-electron chi connectivity index (χ0n) is 11.0. The van der Waals surface area contributed by atoms with Crippen molar-refractivity contribution in [2.24, 2.45) is 0 Å². The van der Waals surface area contributed by atoms with E-state index in [0.717, 1.165) is 24.2 Å². The van der Waals surface area contributed by atoms with Gasteiger partial charge in [-0.1, -0.05) is 25.1 Å². The molecule has 3 nitrogen and oxygen atoms in total. The first-order valence-electron chi connectivity index (χ1n) is 6.18. The molecule has 0 spiro atoms. The van der Waals surface area contributed by atoms with Gasteiger partial charge >= 0.3 is 0 Å². The maximum absolute atomic E-state index is 9.39. The van der Waals surface area contributed by atoms with E-state index < -0.39 is 0 Å². The summed E-state index contributed by atoms with van der Waals surface area (Å²) in [5, 5.41) is 9.39. The van der Waals surface area contributed by atoms with Gasteiger partial charge in [0.15, 0.2) is 0 Å². The van der Waals surface area contributed by atoms with E-state index in [1.807, 2.05) is 18.2 Å². The summed E-state index contributed by atoms with van der Waals surface area (Å²) >= 11 is 0. The van der Waals surface area contributed by atoms with Crippen LogP contribution in [0.15, 0.2) is 24.3 Å². The molecule has 1 rings (SSSR count). The predicted octanol–water partition coefficient (Wildman–Crippen LogP) is 2.43. The van der Waals surface area contributed by atoms with Gasteiger partial charge < -0.3 is 14.7 Å². The van der Waals surface area contributed by atoms with E-state index in [1.165, 1.54) is 0 Å². The molecule has 0 aliphatic carbocycles. The van der Waals surface area contributed by atoms with Crippen LogP contribution in [0, 0.1) is 0 Å². The molecule has 17 heavy (non-hydrogen) atoms. The Hall–Kier alpha value is -1.06. The summed E-state index contributed by atoms with van der Waals surface area (Å²) in [7, 11) is 1.72. The predicted molar refractivity (Wildman–Crippen MR) is 71.3 cm³/mol. The number of nitrogens with zero attached hydrogens (tertiary/aromatic N) is 1. The van der Waals surface area contributed by atoms with Gasteiger partial charge in [0.25, 0.3) is 0 Å². The van der Waals surface area contributed by atoms with Gasteiger partial charge in [0.1, 0.15) is 0 Å². The Morgan fingerprint density at radius 2 is 2.06 bits per heavy atom. The van der Waals surface area contributed by atoms with Crippen molar-refractivity contribution in [3.63, 3.8) is 0 Å². The van der Waals surface area contributed by atoms with Crippen LogP contribution < -0.4 is 4.90 Å². The highest BCUT2D eigenvalue weighted by Gasteiger charge is 2.15. The molecule has 0 aliphatic heterocycles. The molecule has 1 aromatic carbocycles. The van der Waals surface area contributed by atoms with Gasteiger partial charge in [-0.3, -0.25) is 0 Å². The molecule has 1 atom stereocenters. The summed E-state index contributed by atoms with van der Waals surface area (Å²) < 4.78 is 5.16. The fourth-order valence-corrected chi connectivity index (χ4v) is 1.91. The Labute approximate surface area is 104 Å². The summed E-state index contributed by atoms with van der Waals surface area (Å²) in [6.45, 7) is 6.00. The molecule has 0 radical (unpaired) electrons. The second-order valence-electron chi connectivity index (χ2n) is 4.23. The largest absolute Gasteiger partial charge is 0.392 e. The zero-order chi connectivity index (χ0) is 12.7. The molecule has 0 bridgehead atoms. The van der Waals surface area contributed by atoms with Crippen molar-refractivity contribution in [3.05, 3.63) is 29.8 Å². The molecule has 1 unspecified atom stereocenters. The Balaban J connectivity index is 2.94. The lowest BCUT2D eigenvalue weighted by atomic mass is 10.1. The molecular weight excluding hydrogens is 214 g/mol. The number of aliphatic hydroxyl groups excluding tert-OH is 1. The van der Waals surface area contributed by atoms with E-state index in [9.17, 15) is 5.11 Å².